The number of hydrogen-bond acceptors (Lipinski definition) is 4. The van der Waals surface area contributed by atoms with E-state index in [9.17, 15) is 9.90 Å². The number of nitrogens with zero attached hydrogens (tertiary/aromatic N) is 2. The Kier molecular flexibility index (Phi) is 5.30. The number of aromatic nitrogens is 2. The zero-order valence-corrected chi connectivity index (χ0v) is 15.9. The van der Waals surface area contributed by atoms with E-state index in [1.807, 2.05) is 24.3 Å². The molecule has 1 aromatic heterocycles. The summed E-state index contributed by atoms with van der Waals surface area (Å²) >= 11 is 6.68. The molecule has 8 heteroatoms. The van der Waals surface area contributed by atoms with Gasteiger partial charge >= 0.3 is 0 Å². The Morgan fingerprint density at radius 1 is 1.12 bits per heavy atom. The third-order valence-corrected chi connectivity index (χ3v) is 4.34. The summed E-state index contributed by atoms with van der Waals surface area (Å²) in [7, 11) is 0. The Bertz CT molecular complexity index is 936. The fourth-order valence-electron chi connectivity index (χ4n) is 2.06. The predicted molar refractivity (Wildman–Crippen MR) is 103 cm³/mol. The molecule has 0 bridgehead atoms. The van der Waals surface area contributed by atoms with Gasteiger partial charge in [-0.1, -0.05) is 44.0 Å². The average molecular weight is 464 g/mol. The first-order valence-corrected chi connectivity index (χ1v) is 8.75. The predicted octanol–water partition coefficient (Wildman–Crippen LogP) is 4.07. The minimum Gasteiger partial charge on any atom is -0.507 e. The Balaban J connectivity index is 1.69. The van der Waals surface area contributed by atoms with Crippen molar-refractivity contribution in [3.8, 4) is 17.0 Å². The zero-order chi connectivity index (χ0) is 17.8. The summed E-state index contributed by atoms with van der Waals surface area (Å²) in [6, 6.07) is 14.2. The van der Waals surface area contributed by atoms with Crippen molar-refractivity contribution in [3.63, 3.8) is 0 Å². The summed E-state index contributed by atoms with van der Waals surface area (Å²) in [5, 5.41) is 20.4. The van der Waals surface area contributed by atoms with Crippen LogP contribution in [0.3, 0.4) is 0 Å². The number of phenolic OH excluding ortho intramolecular Hbond substituents is 1. The van der Waals surface area contributed by atoms with Gasteiger partial charge in [-0.05, 0) is 36.4 Å². The van der Waals surface area contributed by atoms with Crippen LogP contribution in [0.1, 0.15) is 16.1 Å². The Labute approximate surface area is 160 Å². The van der Waals surface area contributed by atoms with Crippen LogP contribution in [0.4, 0.5) is 0 Å². The number of aromatic hydroxyl groups is 1. The molecule has 0 saturated carbocycles. The van der Waals surface area contributed by atoms with Crippen molar-refractivity contribution in [2.45, 2.75) is 0 Å². The lowest BCUT2D eigenvalue weighted by Gasteiger charge is -1.99. The molecule has 0 aliphatic heterocycles. The van der Waals surface area contributed by atoms with E-state index in [-0.39, 0.29) is 11.4 Å². The molecule has 0 unspecified atom stereocenters. The number of H-pyrrole nitrogens is 1. The van der Waals surface area contributed by atoms with Crippen LogP contribution < -0.4 is 5.43 Å². The van der Waals surface area contributed by atoms with Crippen molar-refractivity contribution in [2.24, 2.45) is 5.10 Å². The maximum absolute atomic E-state index is 12.1. The molecule has 126 valence electrons. The smallest absolute Gasteiger partial charge is 0.289 e. The van der Waals surface area contributed by atoms with E-state index in [1.165, 1.54) is 12.3 Å². The van der Waals surface area contributed by atoms with E-state index in [2.05, 4.69) is 52.6 Å². The van der Waals surface area contributed by atoms with Crippen molar-refractivity contribution in [1.29, 1.82) is 0 Å². The molecule has 25 heavy (non-hydrogen) atoms. The largest absolute Gasteiger partial charge is 0.507 e. The van der Waals surface area contributed by atoms with Gasteiger partial charge in [-0.3, -0.25) is 9.89 Å². The van der Waals surface area contributed by atoms with Gasteiger partial charge in [-0.2, -0.15) is 10.2 Å². The second kappa shape index (κ2) is 7.62. The quantitative estimate of drug-likeness (QED) is 0.402. The number of hydrazone groups is 1. The fourth-order valence-corrected chi connectivity index (χ4v) is 2.70. The highest BCUT2D eigenvalue weighted by Crippen LogP contribution is 2.21. The van der Waals surface area contributed by atoms with E-state index in [0.29, 0.717) is 11.3 Å². The molecule has 6 nitrogen and oxygen atoms in total. The number of nitrogens with one attached hydrogen (secondary N) is 2. The summed E-state index contributed by atoms with van der Waals surface area (Å²) in [6.45, 7) is 0. The lowest BCUT2D eigenvalue weighted by molar-refractivity contribution is 0.0950. The second-order valence-electron chi connectivity index (χ2n) is 5.08. The summed E-state index contributed by atoms with van der Waals surface area (Å²) in [5.74, 6) is -0.359. The number of carbonyl (C=O) groups excluding carboxylic acids is 1. The minimum atomic E-state index is -0.429. The van der Waals surface area contributed by atoms with Gasteiger partial charge in [0.15, 0.2) is 0 Å². The Morgan fingerprint density at radius 2 is 1.84 bits per heavy atom. The summed E-state index contributed by atoms with van der Waals surface area (Å²) in [4.78, 5) is 12.1. The molecular formula is C17H12Br2N4O2. The number of carbonyl (C=O) groups is 1. The number of hydrogen-bond donors (Lipinski definition) is 3. The van der Waals surface area contributed by atoms with Gasteiger partial charge in [-0.25, -0.2) is 5.43 Å². The normalized spacial score (nSPS) is 11.0. The van der Waals surface area contributed by atoms with Crippen LogP contribution in [0.15, 0.2) is 62.6 Å². The summed E-state index contributed by atoms with van der Waals surface area (Å²) in [6.07, 6.45) is 1.37. The van der Waals surface area contributed by atoms with Gasteiger partial charge in [0.05, 0.1) is 11.9 Å². The highest BCUT2D eigenvalue weighted by Gasteiger charge is 2.10. The van der Waals surface area contributed by atoms with Crippen LogP contribution in [-0.4, -0.2) is 27.4 Å². The van der Waals surface area contributed by atoms with Crippen molar-refractivity contribution in [1.82, 2.24) is 15.6 Å². The van der Waals surface area contributed by atoms with Crippen LogP contribution in [0, 0.1) is 0 Å². The molecule has 2 aromatic carbocycles. The first-order valence-electron chi connectivity index (χ1n) is 7.16. The molecule has 0 fully saturated rings. The molecule has 0 atom stereocenters. The molecule has 1 amide bonds. The standard InChI is InChI=1S/C17H12Br2N4O2/c18-12-3-1-10(2-4-12)14-8-15(22-21-14)17(25)23-20-9-11-7-13(19)5-6-16(11)24/h1-9,24H,(H,21,22)(H,23,25). The first kappa shape index (κ1) is 17.4. The van der Waals surface area contributed by atoms with Crippen LogP contribution in [0.2, 0.25) is 0 Å². The van der Waals surface area contributed by atoms with Crippen LogP contribution in [-0.2, 0) is 0 Å². The molecule has 0 saturated heterocycles. The van der Waals surface area contributed by atoms with Gasteiger partial charge < -0.3 is 5.11 Å². The number of aromatic amines is 1. The third-order valence-electron chi connectivity index (χ3n) is 3.32. The highest BCUT2D eigenvalue weighted by atomic mass is 79.9. The summed E-state index contributed by atoms with van der Waals surface area (Å²) in [5.41, 5.74) is 4.71. The molecule has 0 aliphatic rings. The average Bonchev–Trinajstić information content (AvgIpc) is 3.08. The van der Waals surface area contributed by atoms with E-state index >= 15 is 0 Å². The molecule has 3 aromatic rings. The molecule has 1 heterocycles. The van der Waals surface area contributed by atoms with E-state index in [0.717, 1.165) is 14.5 Å². The lowest BCUT2D eigenvalue weighted by Crippen LogP contribution is -2.18. The van der Waals surface area contributed by atoms with Crippen molar-refractivity contribution in [2.75, 3.05) is 0 Å². The molecular weight excluding hydrogens is 452 g/mol. The number of amides is 1. The maximum Gasteiger partial charge on any atom is 0.289 e. The third kappa shape index (κ3) is 4.34. The van der Waals surface area contributed by atoms with Crippen LogP contribution in [0.25, 0.3) is 11.3 Å². The van der Waals surface area contributed by atoms with E-state index in [4.69, 9.17) is 0 Å². The number of halogens is 2. The lowest BCUT2D eigenvalue weighted by atomic mass is 10.1. The topological polar surface area (TPSA) is 90.4 Å². The Morgan fingerprint density at radius 3 is 2.60 bits per heavy atom. The van der Waals surface area contributed by atoms with Gasteiger partial charge in [0.2, 0.25) is 0 Å². The second-order valence-corrected chi connectivity index (χ2v) is 6.91. The number of rotatable bonds is 4. The maximum atomic E-state index is 12.1. The van der Waals surface area contributed by atoms with Gasteiger partial charge in [0.1, 0.15) is 11.4 Å². The van der Waals surface area contributed by atoms with E-state index < -0.39 is 5.91 Å². The molecule has 0 spiro atoms. The zero-order valence-electron chi connectivity index (χ0n) is 12.7. The van der Waals surface area contributed by atoms with Gasteiger partial charge in [-0.15, -0.1) is 0 Å². The fraction of sp³-hybridized carbons (Fsp3) is 0. The highest BCUT2D eigenvalue weighted by molar-refractivity contribution is 9.10. The molecule has 3 N–H and O–H groups in total. The van der Waals surface area contributed by atoms with Crippen molar-refractivity contribution in [3.05, 3.63) is 68.7 Å². The first-order chi connectivity index (χ1) is 12.0. The molecule has 0 aliphatic carbocycles. The Hall–Kier alpha value is -2.45. The van der Waals surface area contributed by atoms with Crippen molar-refractivity contribution < 1.29 is 9.90 Å². The van der Waals surface area contributed by atoms with E-state index in [1.54, 1.807) is 18.2 Å². The minimum absolute atomic E-state index is 0.0697. The monoisotopic (exact) mass is 462 g/mol. The molecule has 0 radical (unpaired) electrons. The summed E-state index contributed by atoms with van der Waals surface area (Å²) < 4.78 is 1.76. The molecule has 3 rings (SSSR count). The van der Waals surface area contributed by atoms with Gasteiger partial charge in [0, 0.05) is 20.1 Å². The van der Waals surface area contributed by atoms with Gasteiger partial charge in [0.25, 0.3) is 5.91 Å². The van der Waals surface area contributed by atoms with Crippen LogP contribution in [0.5, 0.6) is 5.75 Å². The van der Waals surface area contributed by atoms with Crippen LogP contribution >= 0.6 is 31.9 Å². The number of phenols is 1. The SMILES string of the molecule is O=C(NN=Cc1cc(Br)ccc1O)c1cc(-c2ccc(Br)cc2)n[nH]1. The van der Waals surface area contributed by atoms with Crippen molar-refractivity contribution >= 4 is 44.0 Å². The number of benzene rings is 2.